The summed E-state index contributed by atoms with van der Waals surface area (Å²) in [6, 6.07) is 18.6. The maximum Gasteiger partial charge on any atom is 0.159 e. The van der Waals surface area contributed by atoms with Gasteiger partial charge in [0, 0.05) is 30.4 Å². The number of fused-ring (bicyclic) bond motifs is 1. The van der Waals surface area contributed by atoms with Crippen LogP contribution in [0.15, 0.2) is 60.8 Å². The average Bonchev–Trinajstić information content (AvgIpc) is 3.37. The highest BCUT2D eigenvalue weighted by Gasteiger charge is 2.15. The van der Waals surface area contributed by atoms with E-state index in [-0.39, 0.29) is 0 Å². The summed E-state index contributed by atoms with van der Waals surface area (Å²) in [7, 11) is 2.06. The molecule has 2 aromatic carbocycles. The van der Waals surface area contributed by atoms with Gasteiger partial charge in [0.05, 0.1) is 11.0 Å². The topological polar surface area (TPSA) is 34.0 Å². The van der Waals surface area contributed by atoms with Crippen LogP contribution in [-0.4, -0.2) is 32.5 Å². The number of imidazole rings is 1. The van der Waals surface area contributed by atoms with Crippen LogP contribution < -0.4 is 0 Å². The van der Waals surface area contributed by atoms with Gasteiger partial charge in [0.1, 0.15) is 5.69 Å². The summed E-state index contributed by atoms with van der Waals surface area (Å²) in [6.45, 7) is 3.42. The van der Waals surface area contributed by atoms with Crippen molar-refractivity contribution in [3.05, 3.63) is 71.4 Å². The zero-order valence-corrected chi connectivity index (χ0v) is 17.2. The molecular weight excluding hydrogens is 380 g/mol. The predicted molar refractivity (Wildman–Crippen MR) is 119 cm³/mol. The Morgan fingerprint density at radius 1 is 0.931 bits per heavy atom. The molecule has 5 rings (SSSR count). The van der Waals surface area contributed by atoms with E-state index in [1.165, 1.54) is 31.5 Å². The summed E-state index contributed by atoms with van der Waals surface area (Å²) in [6.07, 6.45) is 4.53. The van der Waals surface area contributed by atoms with Crippen molar-refractivity contribution in [1.29, 1.82) is 0 Å². The van der Waals surface area contributed by atoms with Gasteiger partial charge in [-0.25, -0.2) is 4.98 Å². The van der Waals surface area contributed by atoms with Gasteiger partial charge in [-0.1, -0.05) is 35.9 Å². The van der Waals surface area contributed by atoms with Crippen molar-refractivity contribution in [2.45, 2.75) is 19.4 Å². The second-order valence-corrected chi connectivity index (χ2v) is 8.18. The molecule has 0 spiro atoms. The van der Waals surface area contributed by atoms with Gasteiger partial charge >= 0.3 is 0 Å². The van der Waals surface area contributed by atoms with Gasteiger partial charge in [-0.2, -0.15) is 0 Å². The molecule has 0 unspecified atom stereocenters. The minimum absolute atomic E-state index is 0.738. The van der Waals surface area contributed by atoms with E-state index >= 15 is 0 Å². The predicted octanol–water partition coefficient (Wildman–Crippen LogP) is 5.55. The number of halogens is 1. The Hall–Kier alpha value is -2.69. The van der Waals surface area contributed by atoms with Crippen molar-refractivity contribution in [2.75, 3.05) is 13.1 Å². The largest absolute Gasteiger partial charge is 0.326 e. The molecule has 5 heteroatoms. The fraction of sp³-hybridized carbons (Fsp3) is 0.250. The molecule has 146 valence electrons. The van der Waals surface area contributed by atoms with Gasteiger partial charge in [-0.15, -0.1) is 0 Å². The molecule has 1 fully saturated rings. The molecule has 0 saturated carbocycles. The van der Waals surface area contributed by atoms with Crippen LogP contribution in [0.3, 0.4) is 0 Å². The molecular formula is C24H23ClN4. The van der Waals surface area contributed by atoms with E-state index in [0.29, 0.717) is 0 Å². The minimum atomic E-state index is 0.738. The number of rotatable bonds is 4. The fourth-order valence-corrected chi connectivity index (χ4v) is 4.24. The number of hydrogen-bond acceptors (Lipinski definition) is 3. The summed E-state index contributed by atoms with van der Waals surface area (Å²) in [5.41, 5.74) is 6.54. The minimum Gasteiger partial charge on any atom is -0.326 e. The lowest BCUT2D eigenvalue weighted by atomic mass is 10.1. The van der Waals surface area contributed by atoms with Crippen molar-refractivity contribution in [1.82, 2.24) is 19.4 Å². The first-order chi connectivity index (χ1) is 14.2. The van der Waals surface area contributed by atoms with Crippen LogP contribution in [0.4, 0.5) is 0 Å². The molecule has 1 aliphatic rings. The zero-order valence-electron chi connectivity index (χ0n) is 16.5. The first-order valence-corrected chi connectivity index (χ1v) is 10.5. The van der Waals surface area contributed by atoms with E-state index in [1.54, 1.807) is 0 Å². The van der Waals surface area contributed by atoms with E-state index in [2.05, 4.69) is 45.8 Å². The third kappa shape index (κ3) is 3.66. The quantitative estimate of drug-likeness (QED) is 0.448. The molecule has 1 saturated heterocycles. The van der Waals surface area contributed by atoms with Crippen LogP contribution in [0.5, 0.6) is 0 Å². The number of hydrogen-bond donors (Lipinski definition) is 0. The van der Waals surface area contributed by atoms with E-state index in [4.69, 9.17) is 16.6 Å². The van der Waals surface area contributed by atoms with Crippen LogP contribution in [0.25, 0.3) is 33.7 Å². The van der Waals surface area contributed by atoms with Crippen molar-refractivity contribution >= 4 is 22.6 Å². The molecule has 4 aromatic rings. The van der Waals surface area contributed by atoms with Gasteiger partial charge in [-0.05, 0) is 67.4 Å². The fourth-order valence-electron chi connectivity index (χ4n) is 4.11. The summed E-state index contributed by atoms with van der Waals surface area (Å²) in [4.78, 5) is 12.1. The van der Waals surface area contributed by atoms with Gasteiger partial charge in [0.25, 0.3) is 0 Å². The molecule has 0 N–H and O–H groups in total. The average molecular weight is 403 g/mol. The molecule has 1 aliphatic heterocycles. The standard InChI is InChI=1S/C24H23ClN4/c1-28-23-11-4-17(16-29-12-2-3-13-29)14-22(23)27-24(28)21-10-7-19(15-26-21)18-5-8-20(25)9-6-18/h4-11,14-15H,2-3,12-13,16H2,1H3. The van der Waals surface area contributed by atoms with Gasteiger partial charge in [0.2, 0.25) is 0 Å². The third-order valence-electron chi connectivity index (χ3n) is 5.72. The first-order valence-electron chi connectivity index (χ1n) is 10.1. The third-order valence-corrected chi connectivity index (χ3v) is 5.97. The van der Waals surface area contributed by atoms with Crippen molar-refractivity contribution in [3.8, 4) is 22.6 Å². The maximum atomic E-state index is 5.99. The van der Waals surface area contributed by atoms with Gasteiger partial charge < -0.3 is 4.57 Å². The number of pyridine rings is 1. The highest BCUT2D eigenvalue weighted by atomic mass is 35.5. The Bertz CT molecular complexity index is 1140. The molecule has 0 atom stereocenters. The number of nitrogens with zero attached hydrogens (tertiary/aromatic N) is 4. The van der Waals surface area contributed by atoms with E-state index in [9.17, 15) is 0 Å². The van der Waals surface area contributed by atoms with Crippen LogP contribution in [0.1, 0.15) is 18.4 Å². The molecule has 0 amide bonds. The van der Waals surface area contributed by atoms with Gasteiger partial charge in [0.15, 0.2) is 5.82 Å². The molecule has 2 aromatic heterocycles. The van der Waals surface area contributed by atoms with E-state index in [1.807, 2.05) is 36.5 Å². The van der Waals surface area contributed by atoms with Crippen molar-refractivity contribution in [2.24, 2.45) is 7.05 Å². The lowest BCUT2D eigenvalue weighted by molar-refractivity contribution is 0.331. The molecule has 0 radical (unpaired) electrons. The molecule has 29 heavy (non-hydrogen) atoms. The zero-order chi connectivity index (χ0) is 19.8. The lowest BCUT2D eigenvalue weighted by Crippen LogP contribution is -2.18. The molecule has 0 bridgehead atoms. The lowest BCUT2D eigenvalue weighted by Gasteiger charge is -2.14. The summed E-state index contributed by atoms with van der Waals surface area (Å²) in [5.74, 6) is 0.890. The van der Waals surface area contributed by atoms with Crippen LogP contribution in [0.2, 0.25) is 5.02 Å². The number of likely N-dealkylation sites (tertiary alicyclic amines) is 1. The number of benzene rings is 2. The second kappa shape index (κ2) is 7.62. The van der Waals surface area contributed by atoms with Crippen molar-refractivity contribution in [3.63, 3.8) is 0 Å². The molecule has 0 aliphatic carbocycles. The van der Waals surface area contributed by atoms with Gasteiger partial charge in [-0.3, -0.25) is 9.88 Å². The van der Waals surface area contributed by atoms with E-state index in [0.717, 1.165) is 45.2 Å². The molecule has 3 heterocycles. The van der Waals surface area contributed by atoms with Crippen LogP contribution >= 0.6 is 11.6 Å². The highest BCUT2D eigenvalue weighted by molar-refractivity contribution is 6.30. The summed E-state index contributed by atoms with van der Waals surface area (Å²) in [5, 5.41) is 0.738. The Labute approximate surface area is 175 Å². The highest BCUT2D eigenvalue weighted by Crippen LogP contribution is 2.26. The smallest absolute Gasteiger partial charge is 0.159 e. The Morgan fingerprint density at radius 3 is 2.41 bits per heavy atom. The Kier molecular flexibility index (Phi) is 4.82. The Morgan fingerprint density at radius 2 is 1.69 bits per heavy atom. The second-order valence-electron chi connectivity index (χ2n) is 7.74. The maximum absolute atomic E-state index is 5.99. The first kappa shape index (κ1) is 18.3. The summed E-state index contributed by atoms with van der Waals surface area (Å²) >= 11 is 5.99. The SMILES string of the molecule is Cn1c(-c2ccc(-c3ccc(Cl)cc3)cn2)nc2cc(CN3CCCC3)ccc21. The van der Waals surface area contributed by atoms with E-state index < -0.39 is 0 Å². The molecule has 4 nitrogen and oxygen atoms in total. The normalized spacial score (nSPS) is 14.7. The summed E-state index contributed by atoms with van der Waals surface area (Å²) < 4.78 is 2.12. The number of aromatic nitrogens is 3. The Balaban J connectivity index is 1.44. The monoisotopic (exact) mass is 402 g/mol. The van der Waals surface area contributed by atoms with Crippen LogP contribution in [0, 0.1) is 0 Å². The van der Waals surface area contributed by atoms with Crippen LogP contribution in [-0.2, 0) is 13.6 Å². The van der Waals surface area contributed by atoms with Crippen molar-refractivity contribution < 1.29 is 0 Å². The number of aryl methyl sites for hydroxylation is 1.